The average molecular weight is 295 g/mol. The molecule has 0 atom stereocenters. The van der Waals surface area contributed by atoms with Gasteiger partial charge in [-0.05, 0) is 36.3 Å². The topological polar surface area (TPSA) is 73.2 Å². The van der Waals surface area contributed by atoms with E-state index in [1.54, 1.807) is 23.2 Å². The molecule has 0 spiro atoms. The monoisotopic (exact) mass is 295 g/mol. The SMILES string of the molecule is CC(=O)Nc1ccc(C=C2C(=O)N(CCC#N)C=C2C)cc1. The van der Waals surface area contributed by atoms with Crippen LogP contribution in [0.25, 0.3) is 6.08 Å². The van der Waals surface area contributed by atoms with Gasteiger partial charge in [-0.15, -0.1) is 0 Å². The number of hydrogen-bond acceptors (Lipinski definition) is 3. The minimum Gasteiger partial charge on any atom is -0.326 e. The maximum absolute atomic E-state index is 12.3. The van der Waals surface area contributed by atoms with Crippen molar-refractivity contribution in [2.45, 2.75) is 20.3 Å². The van der Waals surface area contributed by atoms with E-state index in [0.717, 1.165) is 16.8 Å². The molecule has 5 nitrogen and oxygen atoms in total. The molecule has 2 rings (SSSR count). The Morgan fingerprint density at radius 3 is 2.64 bits per heavy atom. The van der Waals surface area contributed by atoms with Crippen LogP contribution in [0.3, 0.4) is 0 Å². The van der Waals surface area contributed by atoms with Crippen LogP contribution in [-0.2, 0) is 9.59 Å². The lowest BCUT2D eigenvalue weighted by molar-refractivity contribution is -0.123. The molecule has 0 fully saturated rings. The number of hydrogen-bond donors (Lipinski definition) is 1. The van der Waals surface area contributed by atoms with Crippen LogP contribution in [0.5, 0.6) is 0 Å². The van der Waals surface area contributed by atoms with E-state index < -0.39 is 0 Å². The lowest BCUT2D eigenvalue weighted by Crippen LogP contribution is -2.22. The van der Waals surface area contributed by atoms with E-state index in [4.69, 9.17) is 5.26 Å². The van der Waals surface area contributed by atoms with Crippen molar-refractivity contribution in [3.05, 3.63) is 47.2 Å². The van der Waals surface area contributed by atoms with E-state index in [1.807, 2.05) is 31.2 Å². The number of carbonyl (C=O) groups excluding carboxylic acids is 2. The van der Waals surface area contributed by atoms with Gasteiger partial charge in [0.2, 0.25) is 5.91 Å². The molecular weight excluding hydrogens is 278 g/mol. The van der Waals surface area contributed by atoms with E-state index in [9.17, 15) is 9.59 Å². The Morgan fingerprint density at radius 1 is 1.36 bits per heavy atom. The van der Waals surface area contributed by atoms with Crippen LogP contribution in [0.4, 0.5) is 5.69 Å². The van der Waals surface area contributed by atoms with Gasteiger partial charge < -0.3 is 10.2 Å². The van der Waals surface area contributed by atoms with Gasteiger partial charge in [0.05, 0.1) is 12.5 Å². The molecule has 1 N–H and O–H groups in total. The van der Waals surface area contributed by atoms with Crippen molar-refractivity contribution in [3.8, 4) is 6.07 Å². The van der Waals surface area contributed by atoms with Crippen LogP contribution in [0.15, 0.2) is 41.6 Å². The third kappa shape index (κ3) is 3.61. The summed E-state index contributed by atoms with van der Waals surface area (Å²) in [5.41, 5.74) is 3.11. The van der Waals surface area contributed by atoms with Gasteiger partial charge in [-0.25, -0.2) is 0 Å². The summed E-state index contributed by atoms with van der Waals surface area (Å²) in [4.78, 5) is 24.8. The van der Waals surface area contributed by atoms with E-state index in [-0.39, 0.29) is 11.8 Å². The predicted molar refractivity (Wildman–Crippen MR) is 84.4 cm³/mol. The number of rotatable bonds is 4. The molecule has 1 aromatic rings. The first-order chi connectivity index (χ1) is 10.5. The van der Waals surface area contributed by atoms with E-state index >= 15 is 0 Å². The second kappa shape index (κ2) is 6.72. The van der Waals surface area contributed by atoms with E-state index in [2.05, 4.69) is 5.32 Å². The molecule has 2 amide bonds. The normalized spacial score (nSPS) is 15.7. The molecule has 0 aliphatic carbocycles. The summed E-state index contributed by atoms with van der Waals surface area (Å²) < 4.78 is 0. The number of carbonyl (C=O) groups is 2. The number of benzene rings is 1. The molecule has 1 aliphatic rings. The molecule has 0 saturated heterocycles. The second-order valence-electron chi connectivity index (χ2n) is 5.08. The molecule has 1 heterocycles. The second-order valence-corrected chi connectivity index (χ2v) is 5.08. The first-order valence-corrected chi connectivity index (χ1v) is 6.97. The van der Waals surface area contributed by atoms with E-state index in [0.29, 0.717) is 18.5 Å². The summed E-state index contributed by atoms with van der Waals surface area (Å²) in [5.74, 6) is -0.206. The summed E-state index contributed by atoms with van der Waals surface area (Å²) in [5, 5.41) is 11.3. The van der Waals surface area contributed by atoms with Crippen molar-refractivity contribution in [1.29, 1.82) is 5.26 Å². The fourth-order valence-corrected chi connectivity index (χ4v) is 2.23. The standard InChI is InChI=1S/C17H17N3O2/c1-12-11-20(9-3-8-18)17(22)16(12)10-14-4-6-15(7-5-14)19-13(2)21/h4-7,10-11H,3,9H2,1-2H3,(H,19,21). The van der Waals surface area contributed by atoms with Crippen molar-refractivity contribution in [3.63, 3.8) is 0 Å². The summed E-state index contributed by atoms with van der Waals surface area (Å²) in [7, 11) is 0. The van der Waals surface area contributed by atoms with Gasteiger partial charge >= 0.3 is 0 Å². The smallest absolute Gasteiger partial charge is 0.258 e. The maximum Gasteiger partial charge on any atom is 0.258 e. The highest BCUT2D eigenvalue weighted by atomic mass is 16.2. The van der Waals surface area contributed by atoms with Gasteiger partial charge in [-0.1, -0.05) is 12.1 Å². The minimum absolute atomic E-state index is 0.0845. The Labute approximate surface area is 129 Å². The third-order valence-corrected chi connectivity index (χ3v) is 3.27. The van der Waals surface area contributed by atoms with Crippen LogP contribution < -0.4 is 5.32 Å². The van der Waals surface area contributed by atoms with Crippen LogP contribution in [0, 0.1) is 11.3 Å². The number of anilines is 1. The van der Waals surface area contributed by atoms with Crippen LogP contribution in [0.2, 0.25) is 0 Å². The molecule has 0 aromatic heterocycles. The zero-order valence-corrected chi connectivity index (χ0v) is 12.6. The zero-order chi connectivity index (χ0) is 16.1. The zero-order valence-electron chi connectivity index (χ0n) is 12.6. The maximum atomic E-state index is 12.3. The lowest BCUT2D eigenvalue weighted by atomic mass is 10.1. The largest absolute Gasteiger partial charge is 0.326 e. The number of nitrogens with zero attached hydrogens (tertiary/aromatic N) is 2. The van der Waals surface area contributed by atoms with Crippen molar-refractivity contribution < 1.29 is 9.59 Å². The Balaban J connectivity index is 2.16. The third-order valence-electron chi connectivity index (χ3n) is 3.27. The van der Waals surface area contributed by atoms with Crippen molar-refractivity contribution in [2.75, 3.05) is 11.9 Å². The molecule has 1 aromatic carbocycles. The highest BCUT2D eigenvalue weighted by molar-refractivity contribution is 6.05. The summed E-state index contributed by atoms with van der Waals surface area (Å²) >= 11 is 0. The first kappa shape index (κ1) is 15.5. The van der Waals surface area contributed by atoms with Gasteiger partial charge in [-0.3, -0.25) is 9.59 Å². The molecule has 0 radical (unpaired) electrons. The van der Waals surface area contributed by atoms with Crippen LogP contribution in [-0.4, -0.2) is 23.3 Å². The fourth-order valence-electron chi connectivity index (χ4n) is 2.23. The highest BCUT2D eigenvalue weighted by Crippen LogP contribution is 2.25. The van der Waals surface area contributed by atoms with Crippen molar-refractivity contribution in [1.82, 2.24) is 4.90 Å². The highest BCUT2D eigenvalue weighted by Gasteiger charge is 2.24. The van der Waals surface area contributed by atoms with Crippen molar-refractivity contribution >= 4 is 23.6 Å². The fraction of sp³-hybridized carbons (Fsp3) is 0.235. The van der Waals surface area contributed by atoms with Gasteiger partial charge in [0.1, 0.15) is 0 Å². The van der Waals surface area contributed by atoms with Crippen LogP contribution in [0.1, 0.15) is 25.8 Å². The van der Waals surface area contributed by atoms with Gasteiger partial charge in [0, 0.05) is 30.9 Å². The quantitative estimate of drug-likeness (QED) is 0.868. The number of amides is 2. The number of nitrogens with one attached hydrogen (secondary N) is 1. The van der Waals surface area contributed by atoms with Gasteiger partial charge in [0.15, 0.2) is 0 Å². The van der Waals surface area contributed by atoms with Crippen LogP contribution >= 0.6 is 0 Å². The van der Waals surface area contributed by atoms with Gasteiger partial charge in [-0.2, -0.15) is 5.26 Å². The molecule has 0 unspecified atom stereocenters. The molecule has 0 saturated carbocycles. The molecule has 0 bridgehead atoms. The van der Waals surface area contributed by atoms with Gasteiger partial charge in [0.25, 0.3) is 5.91 Å². The molecule has 22 heavy (non-hydrogen) atoms. The molecular formula is C17H17N3O2. The Morgan fingerprint density at radius 2 is 2.05 bits per heavy atom. The Bertz CT molecular complexity index is 694. The molecule has 1 aliphatic heterocycles. The average Bonchev–Trinajstić information content (AvgIpc) is 2.74. The summed E-state index contributed by atoms with van der Waals surface area (Å²) in [6.07, 6.45) is 3.91. The molecule has 5 heteroatoms. The summed E-state index contributed by atoms with van der Waals surface area (Å²) in [6.45, 7) is 3.74. The minimum atomic E-state index is -0.121. The Kier molecular flexibility index (Phi) is 4.74. The first-order valence-electron chi connectivity index (χ1n) is 6.97. The Hall–Kier alpha value is -2.87. The molecule has 112 valence electrons. The predicted octanol–water partition coefficient (Wildman–Crippen LogP) is 2.69. The van der Waals surface area contributed by atoms with E-state index in [1.165, 1.54) is 6.92 Å². The number of nitriles is 1. The van der Waals surface area contributed by atoms with Crippen molar-refractivity contribution in [2.24, 2.45) is 0 Å². The summed E-state index contributed by atoms with van der Waals surface area (Å²) in [6, 6.07) is 9.31. The lowest BCUT2D eigenvalue weighted by Gasteiger charge is -2.10.